The summed E-state index contributed by atoms with van der Waals surface area (Å²) in [5, 5.41) is 21.4. The summed E-state index contributed by atoms with van der Waals surface area (Å²) >= 11 is 13.4. The lowest BCUT2D eigenvalue weighted by Crippen LogP contribution is -2.40. The molecule has 5 aromatic rings. The zero-order valence-corrected chi connectivity index (χ0v) is 24.8. The summed E-state index contributed by atoms with van der Waals surface area (Å²) in [4.78, 5) is 12.2. The van der Waals surface area contributed by atoms with Gasteiger partial charge in [0.1, 0.15) is 41.8 Å². The monoisotopic (exact) mass is 621 g/mol. The minimum Gasteiger partial charge on any atom is -0.488 e. The Bertz CT molecular complexity index is 1700. The molecule has 9 nitrogen and oxygen atoms in total. The molecule has 222 valence electrons. The van der Waals surface area contributed by atoms with Crippen LogP contribution in [0.25, 0.3) is 22.2 Å². The summed E-state index contributed by atoms with van der Waals surface area (Å²) in [5.74, 6) is 0.305. The van der Waals surface area contributed by atoms with Crippen LogP contribution in [0.5, 0.6) is 11.5 Å². The number of halogens is 2. The van der Waals surface area contributed by atoms with Gasteiger partial charge in [0.15, 0.2) is 0 Å². The Balaban J connectivity index is 1.38. The van der Waals surface area contributed by atoms with E-state index >= 15 is 0 Å². The summed E-state index contributed by atoms with van der Waals surface area (Å²) in [7, 11) is 0. The molecule has 11 heteroatoms. The first kappa shape index (κ1) is 30.3. The molecule has 0 aliphatic heterocycles. The van der Waals surface area contributed by atoms with Gasteiger partial charge in [-0.3, -0.25) is 10.1 Å². The average molecular weight is 623 g/mol. The zero-order chi connectivity index (χ0) is 30.2. The van der Waals surface area contributed by atoms with E-state index in [1.54, 1.807) is 25.1 Å². The number of benzene rings is 4. The van der Waals surface area contributed by atoms with Gasteiger partial charge in [0.25, 0.3) is 0 Å². The molecule has 0 saturated carbocycles. The predicted molar refractivity (Wildman–Crippen MR) is 163 cm³/mol. The minimum absolute atomic E-state index is 0.163. The highest BCUT2D eigenvalue weighted by molar-refractivity contribution is 6.34. The van der Waals surface area contributed by atoms with Gasteiger partial charge in [-0.2, -0.15) is 0 Å². The Hall–Kier alpha value is -4.15. The Morgan fingerprint density at radius 2 is 1.70 bits per heavy atom. The van der Waals surface area contributed by atoms with Crippen LogP contribution < -0.4 is 14.8 Å². The molecule has 0 amide bonds. The van der Waals surface area contributed by atoms with Crippen molar-refractivity contribution >= 4 is 40.2 Å². The third-order valence-electron chi connectivity index (χ3n) is 6.67. The third kappa shape index (κ3) is 7.44. The molecule has 0 bridgehead atoms. The number of ether oxygens (including phenoxy) is 3. The topological polar surface area (TPSA) is 116 Å². The highest BCUT2D eigenvalue weighted by Crippen LogP contribution is 2.36. The molecule has 1 heterocycles. The van der Waals surface area contributed by atoms with Gasteiger partial charge in [-0.25, -0.2) is 4.63 Å². The number of hydrogen-bond donors (Lipinski definition) is 2. The van der Waals surface area contributed by atoms with E-state index in [1.165, 1.54) is 0 Å². The number of esters is 1. The number of aromatic nitrogens is 2. The van der Waals surface area contributed by atoms with Crippen molar-refractivity contribution in [3.8, 4) is 22.6 Å². The molecule has 5 rings (SSSR count). The van der Waals surface area contributed by atoms with Gasteiger partial charge in [0, 0.05) is 29.3 Å². The van der Waals surface area contributed by atoms with Crippen molar-refractivity contribution in [3.63, 3.8) is 0 Å². The fourth-order valence-electron chi connectivity index (χ4n) is 4.42. The van der Waals surface area contributed by atoms with E-state index in [-0.39, 0.29) is 26.4 Å². The number of rotatable bonds is 13. The van der Waals surface area contributed by atoms with Crippen LogP contribution in [0, 0.1) is 0 Å². The SMILES string of the molecule is CCOC(=O)C(CO)NCc1cc(Cl)c(OCc2cccc(-c3ccccc3)c2Cl)cc1OCc1ccc2nonc2c1. The number of carbonyl (C=O) groups is 1. The summed E-state index contributed by atoms with van der Waals surface area (Å²) in [5.41, 5.74) is 5.43. The molecule has 1 unspecified atom stereocenters. The van der Waals surface area contributed by atoms with Crippen LogP contribution in [0.2, 0.25) is 10.0 Å². The second kappa shape index (κ2) is 14.3. The second-order valence-electron chi connectivity index (χ2n) is 9.57. The number of nitrogens with zero attached hydrogens (tertiary/aromatic N) is 2. The summed E-state index contributed by atoms with van der Waals surface area (Å²) in [6.45, 7) is 2.00. The van der Waals surface area contributed by atoms with E-state index < -0.39 is 18.6 Å². The van der Waals surface area contributed by atoms with E-state index in [9.17, 15) is 9.90 Å². The zero-order valence-electron chi connectivity index (χ0n) is 23.3. The number of carbonyl (C=O) groups excluding carboxylic acids is 1. The molecule has 1 aromatic heterocycles. The molecule has 0 saturated heterocycles. The average Bonchev–Trinajstić information content (AvgIpc) is 3.49. The maximum absolute atomic E-state index is 12.2. The van der Waals surface area contributed by atoms with Gasteiger partial charge in [-0.1, -0.05) is 77.8 Å². The van der Waals surface area contributed by atoms with Crippen molar-refractivity contribution in [2.45, 2.75) is 32.7 Å². The number of fused-ring (bicyclic) bond motifs is 1. The maximum Gasteiger partial charge on any atom is 0.325 e. The van der Waals surface area contributed by atoms with Crippen LogP contribution >= 0.6 is 23.2 Å². The fourth-order valence-corrected chi connectivity index (χ4v) is 4.95. The number of hydrogen-bond acceptors (Lipinski definition) is 9. The van der Waals surface area contributed by atoms with Crippen LogP contribution in [0.1, 0.15) is 23.6 Å². The second-order valence-corrected chi connectivity index (χ2v) is 10.4. The van der Waals surface area contributed by atoms with E-state index in [0.29, 0.717) is 38.1 Å². The first-order chi connectivity index (χ1) is 21.0. The Morgan fingerprint density at radius 1 is 0.907 bits per heavy atom. The maximum atomic E-state index is 12.2. The molecular formula is C32H29Cl2N3O6. The highest BCUT2D eigenvalue weighted by atomic mass is 35.5. The van der Waals surface area contributed by atoms with Gasteiger partial charge in [-0.15, -0.1) is 0 Å². The van der Waals surface area contributed by atoms with E-state index in [4.69, 9.17) is 42.0 Å². The van der Waals surface area contributed by atoms with Gasteiger partial charge < -0.3 is 19.3 Å². The molecule has 0 fully saturated rings. The molecule has 0 aliphatic rings. The van der Waals surface area contributed by atoms with Gasteiger partial charge in [0.2, 0.25) is 0 Å². The van der Waals surface area contributed by atoms with Gasteiger partial charge >= 0.3 is 5.97 Å². The first-order valence-corrected chi connectivity index (χ1v) is 14.3. The van der Waals surface area contributed by atoms with Crippen LogP contribution in [-0.4, -0.2) is 40.6 Å². The van der Waals surface area contributed by atoms with Crippen LogP contribution in [0.3, 0.4) is 0 Å². The molecular weight excluding hydrogens is 593 g/mol. The van der Waals surface area contributed by atoms with Crippen molar-refractivity contribution in [1.29, 1.82) is 0 Å². The quantitative estimate of drug-likeness (QED) is 0.145. The lowest BCUT2D eigenvalue weighted by atomic mass is 10.0. The van der Waals surface area contributed by atoms with Gasteiger partial charge in [0.05, 0.1) is 23.3 Å². The Morgan fingerprint density at radius 3 is 2.49 bits per heavy atom. The summed E-state index contributed by atoms with van der Waals surface area (Å²) in [6.07, 6.45) is 0. The van der Waals surface area contributed by atoms with E-state index in [2.05, 4.69) is 15.6 Å². The number of aliphatic hydroxyl groups is 1. The Labute approximate surface area is 258 Å². The van der Waals surface area contributed by atoms with Crippen LogP contribution in [-0.2, 0) is 29.3 Å². The third-order valence-corrected chi connectivity index (χ3v) is 7.41. The molecule has 2 N–H and O–H groups in total. The molecule has 0 spiro atoms. The number of nitrogens with one attached hydrogen (secondary N) is 1. The lowest BCUT2D eigenvalue weighted by Gasteiger charge is -2.19. The van der Waals surface area contributed by atoms with Gasteiger partial charge in [-0.05, 0) is 46.6 Å². The first-order valence-electron chi connectivity index (χ1n) is 13.6. The predicted octanol–water partition coefficient (Wildman–Crippen LogP) is 6.37. The van der Waals surface area contributed by atoms with Crippen LogP contribution in [0.4, 0.5) is 0 Å². The van der Waals surface area contributed by atoms with E-state index in [0.717, 1.165) is 22.3 Å². The summed E-state index contributed by atoms with van der Waals surface area (Å²) < 4.78 is 22.2. The fraction of sp³-hybridized carbons (Fsp3) is 0.219. The molecule has 4 aromatic carbocycles. The number of aliphatic hydroxyl groups excluding tert-OH is 1. The Kier molecular flexibility index (Phi) is 10.1. The van der Waals surface area contributed by atoms with E-state index in [1.807, 2.05) is 60.7 Å². The van der Waals surface area contributed by atoms with Crippen molar-refractivity contribution in [1.82, 2.24) is 15.6 Å². The molecule has 1 atom stereocenters. The van der Waals surface area contributed by atoms with Crippen molar-refractivity contribution in [3.05, 3.63) is 106 Å². The molecule has 0 radical (unpaired) electrons. The normalized spacial score (nSPS) is 11.8. The highest BCUT2D eigenvalue weighted by Gasteiger charge is 2.20. The summed E-state index contributed by atoms with van der Waals surface area (Å²) in [6, 6.07) is 23.6. The molecule has 0 aliphatic carbocycles. The van der Waals surface area contributed by atoms with Crippen molar-refractivity contribution in [2.75, 3.05) is 13.2 Å². The standard InChI is InChI=1S/C32H29Cl2N3O6/c1-2-40-32(39)28(17-38)35-16-23-14-25(33)30(15-29(23)41-18-20-11-12-26-27(13-20)37-43-36-26)42-19-22-9-6-10-24(31(22)34)21-7-4-3-5-8-21/h3-15,28,35,38H,2,16-19H2,1H3. The smallest absolute Gasteiger partial charge is 0.325 e. The van der Waals surface area contributed by atoms with Crippen LogP contribution in [0.15, 0.2) is 83.5 Å². The largest absolute Gasteiger partial charge is 0.488 e. The lowest BCUT2D eigenvalue weighted by molar-refractivity contribution is -0.146. The van der Waals surface area contributed by atoms with Crippen molar-refractivity contribution < 1.29 is 28.7 Å². The van der Waals surface area contributed by atoms with Crippen molar-refractivity contribution in [2.24, 2.45) is 0 Å². The minimum atomic E-state index is -0.913. The molecule has 43 heavy (non-hydrogen) atoms.